The van der Waals surface area contributed by atoms with E-state index in [1.165, 1.54) is 17.8 Å². The van der Waals surface area contributed by atoms with Crippen molar-refractivity contribution in [1.82, 2.24) is 20.1 Å². The van der Waals surface area contributed by atoms with Crippen LogP contribution in [0, 0.1) is 0 Å². The van der Waals surface area contributed by atoms with Gasteiger partial charge in [-0.25, -0.2) is 0 Å². The molecule has 0 radical (unpaired) electrons. The summed E-state index contributed by atoms with van der Waals surface area (Å²) in [5.74, 6) is 0.501. The molecule has 0 spiro atoms. The molecule has 0 unspecified atom stereocenters. The van der Waals surface area contributed by atoms with Crippen LogP contribution in [-0.4, -0.2) is 32.2 Å². The molecule has 0 saturated carbocycles. The lowest BCUT2D eigenvalue weighted by atomic mass is 10.2. The zero-order chi connectivity index (χ0) is 21.8. The lowest BCUT2D eigenvalue weighted by Gasteiger charge is -2.14. The summed E-state index contributed by atoms with van der Waals surface area (Å²) in [7, 11) is 1.80. The third kappa shape index (κ3) is 5.43. The number of thioether (sulfide) groups is 1. The number of rotatable bonds is 7. The molecular weight excluding hydrogens is 511 g/mol. The summed E-state index contributed by atoms with van der Waals surface area (Å²) in [4.78, 5) is 24.8. The fourth-order valence-corrected chi connectivity index (χ4v) is 4.04. The van der Waals surface area contributed by atoms with E-state index >= 15 is 0 Å². The number of halogens is 3. The third-order valence-corrected chi connectivity index (χ3v) is 6.57. The van der Waals surface area contributed by atoms with Crippen LogP contribution in [0.1, 0.15) is 39.5 Å². The number of Topliss-reactive ketones (excluding diaryl/α,β-unsaturated/α-hetero) is 1. The van der Waals surface area contributed by atoms with Gasteiger partial charge in [-0.05, 0) is 37.3 Å². The summed E-state index contributed by atoms with van der Waals surface area (Å²) in [5, 5.41) is 12.5. The lowest BCUT2D eigenvalue weighted by Crippen LogP contribution is -2.28. The third-order valence-electron chi connectivity index (χ3n) is 4.28. The van der Waals surface area contributed by atoms with Gasteiger partial charge in [-0.15, -0.1) is 10.2 Å². The van der Waals surface area contributed by atoms with Crippen LogP contribution in [-0.2, 0) is 7.05 Å². The number of carbonyl (C=O) groups excluding carboxylic acids is 2. The minimum absolute atomic E-state index is 0.00183. The number of nitrogens with one attached hydrogen (secondary N) is 1. The van der Waals surface area contributed by atoms with Crippen molar-refractivity contribution in [1.29, 1.82) is 0 Å². The van der Waals surface area contributed by atoms with Gasteiger partial charge in [0, 0.05) is 22.6 Å². The molecule has 3 aromatic rings. The summed E-state index contributed by atoms with van der Waals surface area (Å²) >= 11 is 16.5. The standard InChI is InChI=1S/C20H17BrCl2N4O2S/c1-11(24-19(29)13-5-8-15(22)16(23)9-13)18-25-26-20(27(18)2)30-10-17(28)12-3-6-14(21)7-4-12/h3-9,11H,10H2,1-2H3,(H,24,29)/t11-/m1/s1. The highest BCUT2D eigenvalue weighted by molar-refractivity contribution is 9.10. The van der Waals surface area contributed by atoms with E-state index in [1.807, 2.05) is 12.1 Å². The Morgan fingerprint density at radius 3 is 2.43 bits per heavy atom. The van der Waals surface area contributed by atoms with E-state index in [1.54, 1.807) is 42.8 Å². The summed E-state index contributed by atoms with van der Waals surface area (Å²) in [5.41, 5.74) is 1.03. The average molecular weight is 528 g/mol. The number of nitrogens with zero attached hydrogens (tertiary/aromatic N) is 3. The number of carbonyl (C=O) groups is 2. The summed E-state index contributed by atoms with van der Waals surface area (Å²) in [6.45, 7) is 1.81. The Labute approximate surface area is 196 Å². The van der Waals surface area contributed by atoms with E-state index in [0.717, 1.165) is 4.47 Å². The molecule has 0 saturated heterocycles. The molecule has 156 valence electrons. The monoisotopic (exact) mass is 526 g/mol. The molecule has 1 heterocycles. The first-order valence-corrected chi connectivity index (χ1v) is 11.4. The van der Waals surface area contributed by atoms with Gasteiger partial charge in [0.05, 0.1) is 21.8 Å². The Hall–Kier alpha value is -1.87. The molecule has 1 N–H and O–H groups in total. The van der Waals surface area contributed by atoms with E-state index < -0.39 is 6.04 Å². The molecule has 0 aliphatic rings. The highest BCUT2D eigenvalue weighted by atomic mass is 79.9. The predicted molar refractivity (Wildman–Crippen MR) is 123 cm³/mol. The minimum atomic E-state index is -0.402. The Morgan fingerprint density at radius 1 is 1.10 bits per heavy atom. The zero-order valence-corrected chi connectivity index (χ0v) is 19.9. The Bertz CT molecular complexity index is 1090. The molecule has 3 rings (SSSR count). The molecule has 1 atom stereocenters. The molecule has 0 aliphatic heterocycles. The van der Waals surface area contributed by atoms with Crippen LogP contribution in [0.4, 0.5) is 0 Å². The van der Waals surface area contributed by atoms with Gasteiger partial charge in [0.2, 0.25) is 0 Å². The van der Waals surface area contributed by atoms with Gasteiger partial charge in [0.15, 0.2) is 16.8 Å². The van der Waals surface area contributed by atoms with Crippen molar-refractivity contribution in [3.8, 4) is 0 Å². The summed E-state index contributed by atoms with van der Waals surface area (Å²) in [6, 6.07) is 11.5. The van der Waals surface area contributed by atoms with Crippen molar-refractivity contribution >= 4 is 62.6 Å². The average Bonchev–Trinajstić information content (AvgIpc) is 3.09. The Kier molecular flexibility index (Phi) is 7.57. The number of hydrogen-bond donors (Lipinski definition) is 1. The number of amides is 1. The van der Waals surface area contributed by atoms with E-state index in [4.69, 9.17) is 23.2 Å². The maximum atomic E-state index is 12.5. The number of aromatic nitrogens is 3. The van der Waals surface area contributed by atoms with Gasteiger partial charge in [-0.1, -0.05) is 63.0 Å². The highest BCUT2D eigenvalue weighted by Gasteiger charge is 2.19. The van der Waals surface area contributed by atoms with Crippen molar-refractivity contribution in [2.45, 2.75) is 18.1 Å². The number of hydrogen-bond acceptors (Lipinski definition) is 5. The van der Waals surface area contributed by atoms with Crippen LogP contribution in [0.25, 0.3) is 0 Å². The number of ketones is 1. The van der Waals surface area contributed by atoms with Crippen LogP contribution in [0.3, 0.4) is 0 Å². The fraction of sp³-hybridized carbons (Fsp3) is 0.200. The van der Waals surface area contributed by atoms with Crippen LogP contribution in [0.5, 0.6) is 0 Å². The second-order valence-electron chi connectivity index (χ2n) is 6.44. The molecule has 1 amide bonds. The Balaban J connectivity index is 1.63. The quantitative estimate of drug-likeness (QED) is 0.331. The van der Waals surface area contributed by atoms with Gasteiger partial charge in [0.25, 0.3) is 5.91 Å². The summed E-state index contributed by atoms with van der Waals surface area (Å²) < 4.78 is 2.68. The van der Waals surface area contributed by atoms with Crippen LogP contribution < -0.4 is 5.32 Å². The molecule has 30 heavy (non-hydrogen) atoms. The van der Waals surface area contributed by atoms with Crippen molar-refractivity contribution in [2.24, 2.45) is 7.05 Å². The Morgan fingerprint density at radius 2 is 1.77 bits per heavy atom. The first-order chi connectivity index (χ1) is 14.3. The predicted octanol–water partition coefficient (Wildman–Crippen LogP) is 5.35. The fourth-order valence-electron chi connectivity index (χ4n) is 2.66. The van der Waals surface area contributed by atoms with Gasteiger partial charge in [0.1, 0.15) is 0 Å². The molecule has 6 nitrogen and oxygen atoms in total. The van der Waals surface area contributed by atoms with Gasteiger partial charge in [-0.2, -0.15) is 0 Å². The molecule has 10 heteroatoms. The van der Waals surface area contributed by atoms with Crippen LogP contribution in [0.2, 0.25) is 10.0 Å². The van der Waals surface area contributed by atoms with E-state index in [2.05, 4.69) is 31.4 Å². The second-order valence-corrected chi connectivity index (χ2v) is 9.12. The topological polar surface area (TPSA) is 76.9 Å². The maximum absolute atomic E-state index is 12.5. The minimum Gasteiger partial charge on any atom is -0.342 e. The normalized spacial score (nSPS) is 11.9. The maximum Gasteiger partial charge on any atom is 0.251 e. The molecule has 1 aromatic heterocycles. The zero-order valence-electron chi connectivity index (χ0n) is 16.0. The molecule has 0 aliphatic carbocycles. The molecule has 0 fully saturated rings. The van der Waals surface area contributed by atoms with Gasteiger partial charge in [-0.3, -0.25) is 9.59 Å². The van der Waals surface area contributed by atoms with Crippen molar-refractivity contribution < 1.29 is 9.59 Å². The molecular formula is C20H17BrCl2N4O2S. The van der Waals surface area contributed by atoms with Gasteiger partial charge < -0.3 is 9.88 Å². The lowest BCUT2D eigenvalue weighted by molar-refractivity contribution is 0.0937. The summed E-state index contributed by atoms with van der Waals surface area (Å²) in [6.07, 6.45) is 0. The van der Waals surface area contributed by atoms with E-state index in [9.17, 15) is 9.59 Å². The molecule has 2 aromatic carbocycles. The first-order valence-electron chi connectivity index (χ1n) is 8.83. The molecule has 0 bridgehead atoms. The number of benzene rings is 2. The largest absolute Gasteiger partial charge is 0.342 e. The van der Waals surface area contributed by atoms with Crippen molar-refractivity contribution in [3.63, 3.8) is 0 Å². The van der Waals surface area contributed by atoms with Crippen LogP contribution >= 0.6 is 50.9 Å². The second kappa shape index (κ2) is 9.96. The SMILES string of the molecule is C[C@@H](NC(=O)c1ccc(Cl)c(Cl)c1)c1nnc(SCC(=O)c2ccc(Br)cc2)n1C. The highest BCUT2D eigenvalue weighted by Crippen LogP contribution is 2.24. The van der Waals surface area contributed by atoms with Crippen molar-refractivity contribution in [2.75, 3.05) is 5.75 Å². The van der Waals surface area contributed by atoms with Crippen LogP contribution in [0.15, 0.2) is 52.1 Å². The first kappa shape index (κ1) is 22.8. The van der Waals surface area contributed by atoms with Crippen molar-refractivity contribution in [3.05, 3.63) is 73.9 Å². The smallest absolute Gasteiger partial charge is 0.251 e. The van der Waals surface area contributed by atoms with Gasteiger partial charge >= 0.3 is 0 Å². The van der Waals surface area contributed by atoms with E-state index in [-0.39, 0.29) is 17.4 Å². The van der Waals surface area contributed by atoms with E-state index in [0.29, 0.717) is 32.2 Å².